The van der Waals surface area contributed by atoms with Crippen LogP contribution in [0, 0.1) is 0 Å². The van der Waals surface area contributed by atoms with Gasteiger partial charge in [0, 0.05) is 56.0 Å². The zero-order chi connectivity index (χ0) is 28.3. The molecule has 18 N–H and O–H groups in total. The molecule has 21 nitrogen and oxygen atoms in total. The molecule has 1 aromatic rings. The average Bonchev–Trinajstić information content (AvgIpc) is 2.82. The van der Waals surface area contributed by atoms with Crippen LogP contribution in [0.4, 0.5) is 0 Å². The topological polar surface area (TPSA) is 304 Å². The Hall–Kier alpha value is -3.45. The maximum Gasteiger partial charge on any atom is 0.336 e. The molecule has 1 aromatic heterocycles. The Kier molecular flexibility index (Phi) is 8.90. The number of nitrogens with two attached hydrogens (primary N) is 6. The fraction of sp³-hybridized carbons (Fsp3) is 0.500. The molecule has 3 atom stereocenters. The molecule has 0 radical (unpaired) electrons. The smallest absolute Gasteiger partial charge is 0.311 e. The predicted molar refractivity (Wildman–Crippen MR) is 138 cm³/mol. The molecule has 4 heterocycles. The maximum atomic E-state index is 13.4. The summed E-state index contributed by atoms with van der Waals surface area (Å²) < 4.78 is 2.98. The van der Waals surface area contributed by atoms with Crippen molar-refractivity contribution in [3.63, 3.8) is 0 Å². The molecule has 0 bridgehead atoms. The highest BCUT2D eigenvalue weighted by molar-refractivity contribution is 5.07. The van der Waals surface area contributed by atoms with Crippen LogP contribution in [0.25, 0.3) is 0 Å². The summed E-state index contributed by atoms with van der Waals surface area (Å²) in [6.07, 6.45) is 3.93. The number of allylic oxidation sites excluding steroid dienone is 3. The van der Waals surface area contributed by atoms with Crippen molar-refractivity contribution in [3.8, 4) is 0 Å². The second-order valence-corrected chi connectivity index (χ2v) is 9.04. The molecule has 3 aliphatic heterocycles. The van der Waals surface area contributed by atoms with Gasteiger partial charge in [-0.15, -0.1) is 0 Å². The standard InChI is InChI=1S/C18H36N18O3/c19-13-7-10(25-34(22)28-13)1-4-31-16(37)32(5-2-11-8-14(20)29-35(23)26-11)18(39)33(17(31)38)6-3-12-9-15(21)30-36(24)27-12/h7-9,13-15,25-30H,1-6,19-24H2. The summed E-state index contributed by atoms with van der Waals surface area (Å²) in [5.41, 5.74) is 33.7. The molecular weight excluding hydrogens is 516 g/mol. The van der Waals surface area contributed by atoms with E-state index in [1.54, 1.807) is 18.2 Å². The van der Waals surface area contributed by atoms with Crippen LogP contribution in [0.2, 0.25) is 0 Å². The minimum atomic E-state index is -0.762. The highest BCUT2D eigenvalue weighted by Gasteiger charge is 2.21. The van der Waals surface area contributed by atoms with Crippen LogP contribution in [-0.4, -0.2) is 47.9 Å². The van der Waals surface area contributed by atoms with Gasteiger partial charge in [-0.3, -0.25) is 16.3 Å². The van der Waals surface area contributed by atoms with E-state index >= 15 is 0 Å². The molecule has 39 heavy (non-hydrogen) atoms. The summed E-state index contributed by atoms with van der Waals surface area (Å²) in [6, 6.07) is 0. The van der Waals surface area contributed by atoms with Crippen molar-refractivity contribution >= 4 is 0 Å². The lowest BCUT2D eigenvalue weighted by Gasteiger charge is -2.29. The molecule has 216 valence electrons. The molecule has 0 saturated carbocycles. The van der Waals surface area contributed by atoms with Gasteiger partial charge in [0.15, 0.2) is 0 Å². The van der Waals surface area contributed by atoms with Crippen molar-refractivity contribution in [2.45, 2.75) is 57.4 Å². The number of hydrogen-bond donors (Lipinski definition) is 12. The van der Waals surface area contributed by atoms with Gasteiger partial charge in [-0.1, -0.05) is 15.7 Å². The van der Waals surface area contributed by atoms with E-state index in [4.69, 9.17) is 34.7 Å². The van der Waals surface area contributed by atoms with Crippen LogP contribution >= 0.6 is 0 Å². The van der Waals surface area contributed by atoms with E-state index in [0.29, 0.717) is 17.1 Å². The normalized spacial score (nSPS) is 24.8. The first-order valence-electron chi connectivity index (χ1n) is 12.1. The number of hydrazine groups is 9. The van der Waals surface area contributed by atoms with Crippen molar-refractivity contribution in [1.29, 1.82) is 0 Å². The molecule has 0 aliphatic carbocycles. The molecule has 3 aliphatic rings. The SMILES string of the molecule is NC1C=C(CCn2c(=O)n(CCC3=CC(N)NN(N)N3)c(=O)n(CCC3=CC(N)NN(N)N3)c2=O)NN(N)N1. The largest absolute Gasteiger partial charge is 0.336 e. The van der Waals surface area contributed by atoms with E-state index in [9.17, 15) is 14.4 Å². The first-order valence-corrected chi connectivity index (χ1v) is 12.1. The molecule has 3 unspecified atom stereocenters. The van der Waals surface area contributed by atoms with Crippen LogP contribution in [-0.2, 0) is 19.6 Å². The van der Waals surface area contributed by atoms with E-state index in [1.807, 2.05) is 0 Å². The third-order valence-corrected chi connectivity index (χ3v) is 6.00. The van der Waals surface area contributed by atoms with Crippen molar-refractivity contribution in [3.05, 3.63) is 66.8 Å². The first-order chi connectivity index (χ1) is 18.5. The maximum absolute atomic E-state index is 13.4. The zero-order valence-electron chi connectivity index (χ0n) is 21.1. The van der Waals surface area contributed by atoms with Gasteiger partial charge in [-0.05, 0) is 18.2 Å². The van der Waals surface area contributed by atoms with Gasteiger partial charge in [-0.2, -0.15) is 0 Å². The summed E-state index contributed by atoms with van der Waals surface area (Å²) in [5, 5.41) is 3.25. The lowest BCUT2D eigenvalue weighted by Crippen LogP contribution is -2.61. The van der Waals surface area contributed by atoms with Gasteiger partial charge in [0.2, 0.25) is 0 Å². The van der Waals surface area contributed by atoms with Crippen LogP contribution in [0.15, 0.2) is 49.7 Å². The summed E-state index contributed by atoms with van der Waals surface area (Å²) >= 11 is 0. The average molecular weight is 553 g/mol. The van der Waals surface area contributed by atoms with Crippen molar-refractivity contribution in [2.75, 3.05) is 0 Å². The van der Waals surface area contributed by atoms with Crippen LogP contribution < -0.4 is 84.4 Å². The van der Waals surface area contributed by atoms with Gasteiger partial charge >= 0.3 is 17.1 Å². The summed E-state index contributed by atoms with van der Waals surface area (Å²) in [7, 11) is 0. The molecule has 21 heteroatoms. The van der Waals surface area contributed by atoms with Gasteiger partial charge in [-0.25, -0.2) is 61.9 Å². The number of nitrogens with zero attached hydrogens (tertiary/aromatic N) is 6. The number of aromatic nitrogens is 3. The molecule has 0 aromatic carbocycles. The molecule has 0 fully saturated rings. The highest BCUT2D eigenvalue weighted by atomic mass is 16.2. The molecule has 0 spiro atoms. The van der Waals surface area contributed by atoms with Crippen LogP contribution in [0.1, 0.15) is 19.3 Å². The van der Waals surface area contributed by atoms with Crippen molar-refractivity contribution < 1.29 is 0 Å². The third-order valence-electron chi connectivity index (χ3n) is 6.00. The summed E-state index contributed by atoms with van der Waals surface area (Å²) in [4.78, 5) is 40.1. The Balaban J connectivity index is 1.63. The first kappa shape index (κ1) is 28.6. The van der Waals surface area contributed by atoms with Crippen LogP contribution in [0.5, 0.6) is 0 Å². The van der Waals surface area contributed by atoms with Crippen molar-refractivity contribution in [1.82, 2.24) is 61.9 Å². The number of nitrogens with one attached hydrogen (secondary N) is 6. The lowest BCUT2D eigenvalue weighted by atomic mass is 10.2. The monoisotopic (exact) mass is 552 g/mol. The number of hydrogen-bond acceptors (Lipinski definition) is 18. The molecule has 0 amide bonds. The Labute approximate surface area is 221 Å². The Morgan fingerprint density at radius 3 is 1.03 bits per heavy atom. The van der Waals surface area contributed by atoms with E-state index in [-0.39, 0.29) is 38.9 Å². The fourth-order valence-corrected chi connectivity index (χ4v) is 4.29. The van der Waals surface area contributed by atoms with Crippen molar-refractivity contribution in [2.24, 2.45) is 34.7 Å². The van der Waals surface area contributed by atoms with E-state index in [1.165, 1.54) is 0 Å². The summed E-state index contributed by atoms with van der Waals surface area (Å²) in [6.45, 7) is -0.137. The molecule has 4 rings (SSSR count). The molecular formula is C18H36N18O3. The third kappa shape index (κ3) is 7.15. The van der Waals surface area contributed by atoms with Gasteiger partial charge in [0.25, 0.3) is 0 Å². The van der Waals surface area contributed by atoms with E-state index in [2.05, 4.69) is 32.6 Å². The Bertz CT molecular complexity index is 1120. The summed E-state index contributed by atoms with van der Waals surface area (Å²) in [5.74, 6) is 17.1. The van der Waals surface area contributed by atoms with Gasteiger partial charge in [0.1, 0.15) is 0 Å². The van der Waals surface area contributed by atoms with E-state index in [0.717, 1.165) is 29.4 Å². The van der Waals surface area contributed by atoms with Gasteiger partial charge < -0.3 is 17.2 Å². The second-order valence-electron chi connectivity index (χ2n) is 9.04. The fourth-order valence-electron chi connectivity index (χ4n) is 4.29. The Morgan fingerprint density at radius 2 is 0.795 bits per heavy atom. The van der Waals surface area contributed by atoms with Gasteiger partial charge in [0.05, 0.1) is 18.5 Å². The van der Waals surface area contributed by atoms with E-state index < -0.39 is 35.6 Å². The minimum Gasteiger partial charge on any atom is -0.311 e. The number of rotatable bonds is 9. The molecule has 0 saturated heterocycles. The lowest BCUT2D eigenvalue weighted by molar-refractivity contribution is 0.103. The second kappa shape index (κ2) is 12.2. The zero-order valence-corrected chi connectivity index (χ0v) is 21.1. The highest BCUT2D eigenvalue weighted by Crippen LogP contribution is 2.06. The predicted octanol–water partition coefficient (Wildman–Crippen LogP) is -7.56. The minimum absolute atomic E-state index is 0.0457. The Morgan fingerprint density at radius 1 is 0.538 bits per heavy atom. The van der Waals surface area contributed by atoms with Crippen LogP contribution in [0.3, 0.4) is 0 Å². The quantitative estimate of drug-likeness (QED) is 0.127.